The summed E-state index contributed by atoms with van der Waals surface area (Å²) < 4.78 is 0. The Hall–Kier alpha value is -0.610. The van der Waals surface area contributed by atoms with Gasteiger partial charge >= 0.3 is 0 Å². The van der Waals surface area contributed by atoms with Crippen LogP contribution in [0.15, 0.2) is 0 Å². The molecule has 4 heteroatoms. The van der Waals surface area contributed by atoms with Crippen molar-refractivity contribution in [1.29, 1.82) is 0 Å². The lowest BCUT2D eigenvalue weighted by molar-refractivity contribution is -0.135. The molecule has 0 spiro atoms. The molecule has 1 amide bonds. The lowest BCUT2D eigenvalue weighted by Crippen LogP contribution is -2.53. The van der Waals surface area contributed by atoms with Gasteiger partial charge in [0.05, 0.1) is 6.04 Å². The Morgan fingerprint density at radius 2 is 1.75 bits per heavy atom. The third-order valence-corrected chi connectivity index (χ3v) is 5.23. The van der Waals surface area contributed by atoms with Crippen molar-refractivity contribution < 1.29 is 4.79 Å². The molecule has 0 saturated carbocycles. The average molecular weight is 281 g/mol. The molecule has 2 atom stereocenters. The number of nitrogens with two attached hydrogens (primary N) is 1. The zero-order chi connectivity index (χ0) is 14.5. The first-order valence-electron chi connectivity index (χ1n) is 8.42. The second-order valence-corrected chi connectivity index (χ2v) is 6.56. The van der Waals surface area contributed by atoms with E-state index in [1.165, 1.54) is 32.4 Å². The molecule has 0 aromatic heterocycles. The van der Waals surface area contributed by atoms with Crippen LogP contribution in [0.5, 0.6) is 0 Å². The molecule has 0 aliphatic carbocycles. The number of piperidine rings is 2. The highest BCUT2D eigenvalue weighted by molar-refractivity contribution is 5.82. The maximum Gasteiger partial charge on any atom is 0.239 e. The normalized spacial score (nSPS) is 25.4. The lowest BCUT2D eigenvalue weighted by Gasteiger charge is -2.41. The van der Waals surface area contributed by atoms with Crippen molar-refractivity contribution in [3.63, 3.8) is 0 Å². The van der Waals surface area contributed by atoms with Crippen LogP contribution in [0.25, 0.3) is 0 Å². The van der Waals surface area contributed by atoms with Crippen molar-refractivity contribution in [3.8, 4) is 0 Å². The fourth-order valence-corrected chi connectivity index (χ4v) is 3.44. The number of rotatable bonds is 4. The molecule has 2 heterocycles. The molecule has 0 aromatic carbocycles. The van der Waals surface area contributed by atoms with Crippen molar-refractivity contribution in [1.82, 2.24) is 9.80 Å². The minimum absolute atomic E-state index is 0.163. The number of nitrogens with zero attached hydrogens (tertiary/aromatic N) is 2. The van der Waals surface area contributed by atoms with Gasteiger partial charge in [0.15, 0.2) is 0 Å². The smallest absolute Gasteiger partial charge is 0.239 e. The van der Waals surface area contributed by atoms with Crippen molar-refractivity contribution in [3.05, 3.63) is 0 Å². The Labute approximate surface area is 123 Å². The van der Waals surface area contributed by atoms with Gasteiger partial charge in [-0.3, -0.25) is 4.79 Å². The highest BCUT2D eigenvalue weighted by atomic mass is 16.2. The van der Waals surface area contributed by atoms with E-state index in [1.807, 2.05) is 4.90 Å². The van der Waals surface area contributed by atoms with Gasteiger partial charge in [0.25, 0.3) is 0 Å². The third kappa shape index (κ3) is 3.73. The van der Waals surface area contributed by atoms with E-state index in [2.05, 4.69) is 18.7 Å². The van der Waals surface area contributed by atoms with Crippen molar-refractivity contribution in [2.24, 2.45) is 11.7 Å². The van der Waals surface area contributed by atoms with Gasteiger partial charge < -0.3 is 15.5 Å². The number of likely N-dealkylation sites (tertiary alicyclic amines) is 2. The first kappa shape index (κ1) is 15.8. The molecule has 4 nitrogen and oxygen atoms in total. The summed E-state index contributed by atoms with van der Waals surface area (Å²) in [6.45, 7) is 8.47. The van der Waals surface area contributed by atoms with Crippen LogP contribution in [0.3, 0.4) is 0 Å². The van der Waals surface area contributed by atoms with E-state index in [-0.39, 0.29) is 17.9 Å². The molecular weight excluding hydrogens is 250 g/mol. The molecule has 2 fully saturated rings. The van der Waals surface area contributed by atoms with E-state index in [9.17, 15) is 4.79 Å². The Balaban J connectivity index is 1.79. The molecule has 1 unspecified atom stereocenters. The highest BCUT2D eigenvalue weighted by Crippen LogP contribution is 2.21. The Kier molecular flexibility index (Phi) is 5.85. The lowest BCUT2D eigenvalue weighted by atomic mass is 9.96. The molecule has 0 aromatic rings. The summed E-state index contributed by atoms with van der Waals surface area (Å²) in [4.78, 5) is 17.0. The van der Waals surface area contributed by atoms with Crippen LogP contribution in [-0.2, 0) is 4.79 Å². The summed E-state index contributed by atoms with van der Waals surface area (Å²) in [6.07, 6.45) is 7.29. The van der Waals surface area contributed by atoms with Gasteiger partial charge in [-0.15, -0.1) is 0 Å². The van der Waals surface area contributed by atoms with E-state index < -0.39 is 0 Å². The maximum atomic E-state index is 12.4. The van der Waals surface area contributed by atoms with Crippen LogP contribution in [0, 0.1) is 5.92 Å². The number of amides is 1. The molecule has 0 radical (unpaired) electrons. The molecule has 2 rings (SSSR count). The predicted molar refractivity (Wildman–Crippen MR) is 82.5 cm³/mol. The first-order valence-corrected chi connectivity index (χ1v) is 8.42. The fourth-order valence-electron chi connectivity index (χ4n) is 3.44. The van der Waals surface area contributed by atoms with Crippen LogP contribution >= 0.6 is 0 Å². The van der Waals surface area contributed by atoms with Crippen LogP contribution in [0.1, 0.15) is 52.4 Å². The molecule has 2 saturated heterocycles. The zero-order valence-electron chi connectivity index (χ0n) is 13.2. The Morgan fingerprint density at radius 3 is 2.30 bits per heavy atom. The predicted octanol–water partition coefficient (Wildman–Crippen LogP) is 1.84. The highest BCUT2D eigenvalue weighted by Gasteiger charge is 2.30. The van der Waals surface area contributed by atoms with Gasteiger partial charge in [0, 0.05) is 19.1 Å². The number of hydrogen-bond acceptors (Lipinski definition) is 3. The van der Waals surface area contributed by atoms with Crippen molar-refractivity contribution in [2.75, 3.05) is 26.2 Å². The largest absolute Gasteiger partial charge is 0.341 e. The van der Waals surface area contributed by atoms with Crippen molar-refractivity contribution in [2.45, 2.75) is 64.5 Å². The molecule has 2 aliphatic heterocycles. The summed E-state index contributed by atoms with van der Waals surface area (Å²) >= 11 is 0. The first-order chi connectivity index (χ1) is 9.63. The fraction of sp³-hybridized carbons (Fsp3) is 0.938. The van der Waals surface area contributed by atoms with Crippen LogP contribution in [-0.4, -0.2) is 54.0 Å². The number of hydrogen-bond donors (Lipinski definition) is 1. The quantitative estimate of drug-likeness (QED) is 0.855. The minimum atomic E-state index is -0.313. The Bertz CT molecular complexity index is 307. The minimum Gasteiger partial charge on any atom is -0.341 e. The van der Waals surface area contributed by atoms with Gasteiger partial charge in [-0.1, -0.05) is 26.7 Å². The van der Waals surface area contributed by atoms with Gasteiger partial charge in [0.1, 0.15) is 0 Å². The van der Waals surface area contributed by atoms with E-state index in [0.717, 1.165) is 32.4 Å². The topological polar surface area (TPSA) is 49.6 Å². The van der Waals surface area contributed by atoms with E-state index >= 15 is 0 Å². The molecule has 2 aliphatic rings. The zero-order valence-corrected chi connectivity index (χ0v) is 13.2. The second kappa shape index (κ2) is 7.41. The average Bonchev–Trinajstić information content (AvgIpc) is 2.53. The van der Waals surface area contributed by atoms with E-state index in [1.54, 1.807) is 0 Å². The molecule has 116 valence electrons. The number of carbonyl (C=O) groups excluding carboxylic acids is 1. The third-order valence-electron chi connectivity index (χ3n) is 5.23. The SMILES string of the molecule is CCC(C)[C@H](N)C(=O)N1CCC(N2CCCCC2)CC1. The van der Waals surface area contributed by atoms with E-state index in [4.69, 9.17) is 5.73 Å². The summed E-state index contributed by atoms with van der Waals surface area (Å²) in [5.41, 5.74) is 6.08. The maximum absolute atomic E-state index is 12.4. The van der Waals surface area contributed by atoms with Crippen LogP contribution < -0.4 is 5.73 Å². The number of carbonyl (C=O) groups is 1. The van der Waals surface area contributed by atoms with Gasteiger partial charge in [0.2, 0.25) is 5.91 Å². The van der Waals surface area contributed by atoms with Gasteiger partial charge in [-0.25, -0.2) is 0 Å². The molecule has 20 heavy (non-hydrogen) atoms. The van der Waals surface area contributed by atoms with Crippen LogP contribution in [0.4, 0.5) is 0 Å². The molecule has 0 bridgehead atoms. The summed E-state index contributed by atoms with van der Waals surface area (Å²) in [6, 6.07) is 0.380. The molecular formula is C16H31N3O. The molecule has 2 N–H and O–H groups in total. The second-order valence-electron chi connectivity index (χ2n) is 6.56. The van der Waals surface area contributed by atoms with E-state index in [0.29, 0.717) is 6.04 Å². The standard InChI is InChI=1S/C16H31N3O/c1-3-13(2)15(17)16(20)19-11-7-14(8-12-19)18-9-5-4-6-10-18/h13-15H,3-12,17H2,1-2H3/t13?,15-/m0/s1. The summed E-state index contributed by atoms with van der Waals surface area (Å²) in [5.74, 6) is 0.443. The summed E-state index contributed by atoms with van der Waals surface area (Å²) in [5, 5.41) is 0. The summed E-state index contributed by atoms with van der Waals surface area (Å²) in [7, 11) is 0. The van der Waals surface area contributed by atoms with Crippen molar-refractivity contribution >= 4 is 5.91 Å². The van der Waals surface area contributed by atoms with Gasteiger partial charge in [-0.2, -0.15) is 0 Å². The van der Waals surface area contributed by atoms with Gasteiger partial charge in [-0.05, 0) is 44.7 Å². The van der Waals surface area contributed by atoms with Crippen LogP contribution in [0.2, 0.25) is 0 Å². The Morgan fingerprint density at radius 1 is 1.15 bits per heavy atom. The monoisotopic (exact) mass is 281 g/mol.